The molecule has 1 saturated heterocycles. The van der Waals surface area contributed by atoms with Gasteiger partial charge in [0.05, 0.1) is 24.2 Å². The Labute approximate surface area is 111 Å². The molecule has 0 saturated carbocycles. The summed E-state index contributed by atoms with van der Waals surface area (Å²) in [7, 11) is 0. The second-order valence-electron chi connectivity index (χ2n) is 4.70. The lowest BCUT2D eigenvalue weighted by Crippen LogP contribution is -2.13. The molecule has 6 nitrogen and oxygen atoms in total. The van der Waals surface area contributed by atoms with Crippen molar-refractivity contribution in [2.45, 2.75) is 19.4 Å². The van der Waals surface area contributed by atoms with E-state index in [0.29, 0.717) is 30.4 Å². The fourth-order valence-electron chi connectivity index (χ4n) is 2.03. The molecule has 0 aromatic heterocycles. The lowest BCUT2D eigenvalue weighted by Gasteiger charge is -2.15. The first-order valence-electron chi connectivity index (χ1n) is 6.25. The Morgan fingerprint density at radius 3 is 3.00 bits per heavy atom. The third kappa shape index (κ3) is 3.42. The number of nitro groups is 1. The summed E-state index contributed by atoms with van der Waals surface area (Å²) in [5.74, 6) is 0.838. The van der Waals surface area contributed by atoms with Crippen LogP contribution in [0.2, 0.25) is 0 Å². The standard InChI is InChI=1S/C13H17NO5/c1-9(15)12-6-11(14(16)17)2-3-13(12)19-8-10-4-5-18-7-10/h2-3,6,9-10,15H,4-5,7-8H2,1H3. The minimum absolute atomic E-state index is 0.0487. The van der Waals surface area contributed by atoms with Crippen LogP contribution in [-0.4, -0.2) is 29.9 Å². The van der Waals surface area contributed by atoms with E-state index in [4.69, 9.17) is 9.47 Å². The van der Waals surface area contributed by atoms with Crippen LogP contribution in [0.4, 0.5) is 5.69 Å². The highest BCUT2D eigenvalue weighted by atomic mass is 16.6. The summed E-state index contributed by atoms with van der Waals surface area (Å²) >= 11 is 0. The van der Waals surface area contributed by atoms with Gasteiger partial charge in [-0.2, -0.15) is 0 Å². The van der Waals surface area contributed by atoms with Gasteiger partial charge in [-0.1, -0.05) is 0 Å². The van der Waals surface area contributed by atoms with E-state index in [1.165, 1.54) is 18.2 Å². The molecule has 1 aliphatic heterocycles. The van der Waals surface area contributed by atoms with Gasteiger partial charge >= 0.3 is 0 Å². The fourth-order valence-corrected chi connectivity index (χ4v) is 2.03. The van der Waals surface area contributed by atoms with Crippen LogP contribution in [0.1, 0.15) is 25.0 Å². The molecule has 104 valence electrons. The molecule has 1 aromatic carbocycles. The van der Waals surface area contributed by atoms with Crippen LogP contribution in [0, 0.1) is 16.0 Å². The van der Waals surface area contributed by atoms with Crippen molar-refractivity contribution in [2.24, 2.45) is 5.92 Å². The fraction of sp³-hybridized carbons (Fsp3) is 0.538. The minimum atomic E-state index is -0.810. The van der Waals surface area contributed by atoms with Gasteiger partial charge in [-0.05, 0) is 19.4 Å². The zero-order valence-electron chi connectivity index (χ0n) is 10.7. The molecule has 1 aliphatic rings. The van der Waals surface area contributed by atoms with Gasteiger partial charge in [-0.3, -0.25) is 10.1 Å². The zero-order chi connectivity index (χ0) is 13.8. The van der Waals surface area contributed by atoms with E-state index in [0.717, 1.165) is 13.0 Å². The van der Waals surface area contributed by atoms with E-state index in [1.54, 1.807) is 6.92 Å². The molecule has 1 fully saturated rings. The molecule has 1 N–H and O–H groups in total. The Morgan fingerprint density at radius 1 is 1.63 bits per heavy atom. The van der Waals surface area contributed by atoms with E-state index in [-0.39, 0.29) is 5.69 Å². The van der Waals surface area contributed by atoms with Crippen LogP contribution in [0.3, 0.4) is 0 Å². The van der Waals surface area contributed by atoms with Gasteiger partial charge in [-0.15, -0.1) is 0 Å². The number of non-ortho nitro benzene ring substituents is 1. The van der Waals surface area contributed by atoms with E-state index in [9.17, 15) is 15.2 Å². The Kier molecular flexibility index (Phi) is 4.34. The normalized spacial score (nSPS) is 20.2. The van der Waals surface area contributed by atoms with E-state index >= 15 is 0 Å². The average molecular weight is 267 g/mol. The monoisotopic (exact) mass is 267 g/mol. The summed E-state index contributed by atoms with van der Waals surface area (Å²) < 4.78 is 10.9. The molecule has 0 amide bonds. The molecule has 0 radical (unpaired) electrons. The third-order valence-corrected chi connectivity index (χ3v) is 3.15. The predicted molar refractivity (Wildman–Crippen MR) is 68.2 cm³/mol. The summed E-state index contributed by atoms with van der Waals surface area (Å²) in [6.45, 7) is 3.48. The van der Waals surface area contributed by atoms with Crippen LogP contribution >= 0.6 is 0 Å². The molecule has 1 heterocycles. The van der Waals surface area contributed by atoms with Crippen LogP contribution in [0.5, 0.6) is 5.75 Å². The number of ether oxygens (including phenoxy) is 2. The summed E-state index contributed by atoms with van der Waals surface area (Å²) in [6, 6.07) is 4.27. The lowest BCUT2D eigenvalue weighted by atomic mass is 10.1. The molecule has 6 heteroatoms. The van der Waals surface area contributed by atoms with E-state index in [2.05, 4.69) is 0 Å². The number of aliphatic hydroxyl groups excluding tert-OH is 1. The van der Waals surface area contributed by atoms with Crippen molar-refractivity contribution in [1.82, 2.24) is 0 Å². The van der Waals surface area contributed by atoms with Crippen molar-refractivity contribution in [3.05, 3.63) is 33.9 Å². The number of hydrogen-bond donors (Lipinski definition) is 1. The first-order chi connectivity index (χ1) is 9.08. The van der Waals surface area contributed by atoms with Crippen LogP contribution < -0.4 is 4.74 Å². The van der Waals surface area contributed by atoms with E-state index < -0.39 is 11.0 Å². The molecule has 19 heavy (non-hydrogen) atoms. The van der Waals surface area contributed by atoms with Gasteiger partial charge in [0.25, 0.3) is 5.69 Å². The molecule has 0 bridgehead atoms. The van der Waals surface area contributed by atoms with Gasteiger partial charge in [0.15, 0.2) is 0 Å². The van der Waals surface area contributed by atoms with Crippen molar-refractivity contribution >= 4 is 5.69 Å². The number of aliphatic hydroxyl groups is 1. The first-order valence-corrected chi connectivity index (χ1v) is 6.25. The Morgan fingerprint density at radius 2 is 2.42 bits per heavy atom. The molecule has 2 unspecified atom stereocenters. The maximum Gasteiger partial charge on any atom is 0.270 e. The van der Waals surface area contributed by atoms with Gasteiger partial charge in [-0.25, -0.2) is 0 Å². The Hall–Kier alpha value is -1.66. The lowest BCUT2D eigenvalue weighted by molar-refractivity contribution is -0.385. The average Bonchev–Trinajstić information content (AvgIpc) is 2.89. The highest BCUT2D eigenvalue weighted by Gasteiger charge is 2.19. The summed E-state index contributed by atoms with van der Waals surface area (Å²) in [6.07, 6.45) is 0.145. The number of nitrogens with zero attached hydrogens (tertiary/aromatic N) is 1. The number of benzene rings is 1. The Bertz CT molecular complexity index is 454. The molecule has 0 spiro atoms. The van der Waals surface area contributed by atoms with Crippen LogP contribution in [0.15, 0.2) is 18.2 Å². The summed E-state index contributed by atoms with van der Waals surface area (Å²) in [5, 5.41) is 20.4. The van der Waals surface area contributed by atoms with Gasteiger partial charge < -0.3 is 14.6 Å². The highest BCUT2D eigenvalue weighted by Crippen LogP contribution is 2.30. The van der Waals surface area contributed by atoms with Crippen molar-refractivity contribution in [3.63, 3.8) is 0 Å². The largest absolute Gasteiger partial charge is 0.493 e. The topological polar surface area (TPSA) is 81.8 Å². The quantitative estimate of drug-likeness (QED) is 0.652. The van der Waals surface area contributed by atoms with Gasteiger partial charge in [0, 0.05) is 30.2 Å². The molecule has 0 aliphatic carbocycles. The van der Waals surface area contributed by atoms with Crippen molar-refractivity contribution in [1.29, 1.82) is 0 Å². The minimum Gasteiger partial charge on any atom is -0.493 e. The van der Waals surface area contributed by atoms with Gasteiger partial charge in [0.1, 0.15) is 5.75 Å². The first kappa shape index (κ1) is 13.8. The van der Waals surface area contributed by atoms with Crippen LogP contribution in [-0.2, 0) is 4.74 Å². The number of nitro benzene ring substituents is 1. The molecule has 1 aromatic rings. The second-order valence-corrected chi connectivity index (χ2v) is 4.70. The molecule has 2 rings (SSSR count). The van der Waals surface area contributed by atoms with E-state index in [1.807, 2.05) is 0 Å². The highest BCUT2D eigenvalue weighted by molar-refractivity contribution is 5.44. The number of hydrogen-bond acceptors (Lipinski definition) is 5. The SMILES string of the molecule is CC(O)c1cc([N+](=O)[O-])ccc1OCC1CCOC1. The smallest absolute Gasteiger partial charge is 0.270 e. The Balaban J connectivity index is 2.11. The molecular weight excluding hydrogens is 250 g/mol. The van der Waals surface area contributed by atoms with Crippen LogP contribution in [0.25, 0.3) is 0 Å². The zero-order valence-corrected chi connectivity index (χ0v) is 10.7. The van der Waals surface area contributed by atoms with Gasteiger partial charge in [0.2, 0.25) is 0 Å². The molecular formula is C13H17NO5. The molecule has 2 atom stereocenters. The predicted octanol–water partition coefficient (Wildman–Crippen LogP) is 2.06. The maximum absolute atomic E-state index is 10.7. The summed E-state index contributed by atoms with van der Waals surface area (Å²) in [5.41, 5.74) is 0.389. The maximum atomic E-state index is 10.7. The summed E-state index contributed by atoms with van der Waals surface area (Å²) in [4.78, 5) is 10.2. The second kappa shape index (κ2) is 5.99. The van der Waals surface area contributed by atoms with Crippen molar-refractivity contribution in [2.75, 3.05) is 19.8 Å². The van der Waals surface area contributed by atoms with Crippen molar-refractivity contribution in [3.8, 4) is 5.75 Å². The number of rotatable bonds is 5. The van der Waals surface area contributed by atoms with Crippen molar-refractivity contribution < 1.29 is 19.5 Å². The third-order valence-electron chi connectivity index (χ3n) is 3.15.